The monoisotopic (exact) mass is 374 g/mol. The number of hydrogen-bond donors (Lipinski definition) is 2. The van der Waals surface area contributed by atoms with Crippen LogP contribution in [-0.4, -0.2) is 24.5 Å². The number of rotatable bonds is 15. The van der Waals surface area contributed by atoms with E-state index in [9.17, 15) is 4.79 Å². The van der Waals surface area contributed by atoms with Crippen molar-refractivity contribution in [3.63, 3.8) is 0 Å². The van der Waals surface area contributed by atoms with Gasteiger partial charge in [0, 0.05) is 18.4 Å². The highest BCUT2D eigenvalue weighted by molar-refractivity contribution is 9.09. The van der Waals surface area contributed by atoms with Crippen molar-refractivity contribution in [1.82, 2.24) is 10.6 Å². The fraction of sp³-hybridized carbons (Fsp3) is 0.833. The van der Waals surface area contributed by atoms with Crippen molar-refractivity contribution in [3.8, 4) is 0 Å². The molecule has 0 spiro atoms. The van der Waals surface area contributed by atoms with Gasteiger partial charge in [-0.2, -0.15) is 0 Å². The molecule has 4 heteroatoms. The van der Waals surface area contributed by atoms with Gasteiger partial charge in [0.1, 0.15) is 0 Å². The molecule has 0 aliphatic heterocycles. The molecule has 0 saturated heterocycles. The summed E-state index contributed by atoms with van der Waals surface area (Å²) in [5.41, 5.74) is 0. The molecule has 0 saturated carbocycles. The summed E-state index contributed by atoms with van der Waals surface area (Å²) in [5.74, 6) is 0. The van der Waals surface area contributed by atoms with Gasteiger partial charge in [0.2, 0.25) is 0 Å². The third kappa shape index (κ3) is 17.5. The fourth-order valence-electron chi connectivity index (χ4n) is 2.17. The molecule has 2 N–H and O–H groups in total. The van der Waals surface area contributed by atoms with Crippen molar-refractivity contribution in [3.05, 3.63) is 12.2 Å². The fourth-order valence-corrected chi connectivity index (χ4v) is 2.57. The van der Waals surface area contributed by atoms with Crippen LogP contribution >= 0.6 is 15.9 Å². The number of hydrogen-bond acceptors (Lipinski definition) is 1. The second-order valence-electron chi connectivity index (χ2n) is 5.75. The molecule has 0 aliphatic carbocycles. The molecule has 0 aromatic carbocycles. The highest BCUT2D eigenvalue weighted by Gasteiger charge is 1.97. The number of nitrogens with one attached hydrogen (secondary N) is 2. The topological polar surface area (TPSA) is 41.1 Å². The number of urea groups is 1. The van der Waals surface area contributed by atoms with Crippen molar-refractivity contribution in [2.24, 2.45) is 0 Å². The lowest BCUT2D eigenvalue weighted by atomic mass is 10.1. The summed E-state index contributed by atoms with van der Waals surface area (Å²) in [4.78, 5) is 11.4. The Hall–Kier alpha value is -0.510. The minimum atomic E-state index is -0.0184. The van der Waals surface area contributed by atoms with Crippen molar-refractivity contribution in [1.29, 1.82) is 0 Å². The molecular formula is C18H35BrN2O. The summed E-state index contributed by atoms with van der Waals surface area (Å²) in [6.07, 6.45) is 17.9. The quantitative estimate of drug-likeness (QED) is 0.220. The van der Waals surface area contributed by atoms with Crippen molar-refractivity contribution in [2.45, 2.75) is 77.6 Å². The summed E-state index contributed by atoms with van der Waals surface area (Å²) in [5, 5.41) is 6.94. The predicted molar refractivity (Wildman–Crippen MR) is 101 cm³/mol. The maximum absolute atomic E-state index is 11.4. The van der Waals surface area contributed by atoms with Crippen LogP contribution in [-0.2, 0) is 0 Å². The molecule has 0 atom stereocenters. The maximum atomic E-state index is 11.4. The van der Waals surface area contributed by atoms with E-state index in [0.29, 0.717) is 0 Å². The van der Waals surface area contributed by atoms with E-state index < -0.39 is 0 Å². The van der Waals surface area contributed by atoms with E-state index in [1.165, 1.54) is 44.9 Å². The first kappa shape index (κ1) is 21.5. The lowest BCUT2D eigenvalue weighted by molar-refractivity contribution is 0.240. The lowest BCUT2D eigenvalue weighted by Crippen LogP contribution is -2.36. The Morgan fingerprint density at radius 2 is 1.36 bits per heavy atom. The minimum absolute atomic E-state index is 0.0184. The number of unbranched alkanes of at least 4 members (excludes halogenated alkanes) is 8. The largest absolute Gasteiger partial charge is 0.338 e. The Balaban J connectivity index is 3.20. The van der Waals surface area contributed by atoms with Gasteiger partial charge in [0.05, 0.1) is 0 Å². The molecule has 0 aliphatic rings. The number of carbonyl (C=O) groups is 1. The van der Waals surface area contributed by atoms with Crippen LogP contribution in [0.5, 0.6) is 0 Å². The first-order valence-corrected chi connectivity index (χ1v) is 10.2. The molecule has 0 radical (unpaired) electrons. The average molecular weight is 375 g/mol. The van der Waals surface area contributed by atoms with Crippen LogP contribution in [0.4, 0.5) is 4.79 Å². The zero-order valence-electron chi connectivity index (χ0n) is 14.3. The molecule has 0 unspecified atom stereocenters. The van der Waals surface area contributed by atoms with Gasteiger partial charge in [-0.3, -0.25) is 0 Å². The molecule has 0 aromatic heterocycles. The third-order valence-corrected chi connectivity index (χ3v) is 4.13. The SMILES string of the molecule is CCCCCNC(=O)NCCCC/C=C\CCCCCCBr. The number of alkyl halides is 1. The molecule has 3 nitrogen and oxygen atoms in total. The second kappa shape index (κ2) is 18.5. The smallest absolute Gasteiger partial charge is 0.314 e. The summed E-state index contributed by atoms with van der Waals surface area (Å²) < 4.78 is 0. The summed E-state index contributed by atoms with van der Waals surface area (Å²) >= 11 is 3.46. The van der Waals surface area contributed by atoms with Gasteiger partial charge in [-0.15, -0.1) is 0 Å². The summed E-state index contributed by atoms with van der Waals surface area (Å²) in [6, 6.07) is -0.0184. The number of carbonyl (C=O) groups excluding carboxylic acids is 1. The van der Waals surface area contributed by atoms with Crippen LogP contribution < -0.4 is 10.6 Å². The molecule has 22 heavy (non-hydrogen) atoms. The van der Waals surface area contributed by atoms with Crippen molar-refractivity contribution >= 4 is 22.0 Å². The van der Waals surface area contributed by atoms with Crippen LogP contribution in [0.25, 0.3) is 0 Å². The van der Waals surface area contributed by atoms with E-state index in [4.69, 9.17) is 0 Å². The van der Waals surface area contributed by atoms with E-state index in [2.05, 4.69) is 45.6 Å². The Kier molecular flexibility index (Phi) is 18.1. The Labute approximate surface area is 145 Å². The Morgan fingerprint density at radius 1 is 0.818 bits per heavy atom. The molecule has 0 bridgehead atoms. The van der Waals surface area contributed by atoms with Crippen LogP contribution in [0, 0.1) is 0 Å². The Morgan fingerprint density at radius 3 is 1.95 bits per heavy atom. The van der Waals surface area contributed by atoms with E-state index in [-0.39, 0.29) is 6.03 Å². The maximum Gasteiger partial charge on any atom is 0.314 e. The molecule has 0 rings (SSSR count). The van der Waals surface area contributed by atoms with Gasteiger partial charge in [0.25, 0.3) is 0 Å². The molecule has 0 aromatic rings. The predicted octanol–water partition coefficient (Wildman–Crippen LogP) is 5.55. The molecule has 0 fully saturated rings. The van der Waals surface area contributed by atoms with Gasteiger partial charge in [-0.25, -0.2) is 4.79 Å². The van der Waals surface area contributed by atoms with Crippen LogP contribution in [0.3, 0.4) is 0 Å². The third-order valence-electron chi connectivity index (χ3n) is 3.57. The molecule has 0 heterocycles. The standard InChI is InChI=1S/C18H35BrN2O/c1-2-3-13-16-20-18(22)21-17-14-11-9-7-5-4-6-8-10-12-15-19/h5,7H,2-4,6,8-17H2,1H3,(H2,20,21,22)/b7-5-. The average Bonchev–Trinajstić information content (AvgIpc) is 2.52. The number of allylic oxidation sites excluding steroid dienone is 2. The first-order valence-electron chi connectivity index (χ1n) is 9.04. The zero-order chi connectivity index (χ0) is 16.3. The normalized spacial score (nSPS) is 11.0. The van der Waals surface area contributed by atoms with Crippen LogP contribution in [0.2, 0.25) is 0 Å². The first-order chi connectivity index (χ1) is 10.8. The van der Waals surface area contributed by atoms with Gasteiger partial charge < -0.3 is 10.6 Å². The highest BCUT2D eigenvalue weighted by atomic mass is 79.9. The highest BCUT2D eigenvalue weighted by Crippen LogP contribution is 2.06. The van der Waals surface area contributed by atoms with E-state index in [1.54, 1.807) is 0 Å². The summed E-state index contributed by atoms with van der Waals surface area (Å²) in [7, 11) is 0. The van der Waals surface area contributed by atoms with Crippen molar-refractivity contribution in [2.75, 3.05) is 18.4 Å². The van der Waals surface area contributed by atoms with Gasteiger partial charge >= 0.3 is 6.03 Å². The van der Waals surface area contributed by atoms with Gasteiger partial charge in [0.15, 0.2) is 0 Å². The van der Waals surface area contributed by atoms with Crippen LogP contribution in [0.1, 0.15) is 77.6 Å². The van der Waals surface area contributed by atoms with E-state index in [1.807, 2.05) is 0 Å². The molecule has 130 valence electrons. The molecular weight excluding hydrogens is 340 g/mol. The van der Waals surface area contributed by atoms with E-state index >= 15 is 0 Å². The van der Waals surface area contributed by atoms with Gasteiger partial charge in [-0.1, -0.05) is 60.7 Å². The number of halogens is 1. The second-order valence-corrected chi connectivity index (χ2v) is 6.54. The number of amides is 2. The lowest BCUT2D eigenvalue weighted by Gasteiger charge is -2.06. The zero-order valence-corrected chi connectivity index (χ0v) is 15.9. The van der Waals surface area contributed by atoms with Crippen LogP contribution in [0.15, 0.2) is 12.2 Å². The summed E-state index contributed by atoms with van der Waals surface area (Å²) in [6.45, 7) is 3.73. The van der Waals surface area contributed by atoms with E-state index in [0.717, 1.165) is 44.1 Å². The molecule has 2 amide bonds. The Bertz CT molecular complexity index is 270. The minimum Gasteiger partial charge on any atom is -0.338 e. The van der Waals surface area contributed by atoms with Gasteiger partial charge in [-0.05, 0) is 44.9 Å². The van der Waals surface area contributed by atoms with Crippen molar-refractivity contribution < 1.29 is 4.79 Å².